The number of thioether (sulfide) groups is 2. The molecule has 0 amide bonds. The smallest absolute Gasteiger partial charge is 0.336 e. The third-order valence-corrected chi connectivity index (χ3v) is 9.30. The molecule has 0 aromatic heterocycles. The Kier molecular flexibility index (Phi) is 14.7. The number of nitro benzene ring substituents is 1. The van der Waals surface area contributed by atoms with Crippen molar-refractivity contribution in [3.63, 3.8) is 0 Å². The van der Waals surface area contributed by atoms with Crippen LogP contribution in [0.1, 0.15) is 31.7 Å². The molecular weight excluding hydrogens is 646 g/mol. The molecule has 244 valence electrons. The molecule has 1 unspecified atom stereocenters. The maximum atomic E-state index is 13.5. The van der Waals surface area contributed by atoms with Crippen LogP contribution in [0.2, 0.25) is 0 Å². The number of allylic oxidation sites excluding steroid dienone is 2. The number of esters is 1. The van der Waals surface area contributed by atoms with E-state index in [2.05, 4.69) is 34.5 Å². The number of hydrogen-bond donors (Lipinski definition) is 2. The van der Waals surface area contributed by atoms with Crippen molar-refractivity contribution < 1.29 is 24.4 Å². The standard InChI is InChI=1S/C34H37N3O6S2.ClH/c1-24-30(33(38)39)32(26-11-9-12-27(23-26)37(41)42)31(25(2)35-24)34(40)43-20-10-17-36(18-21-44-28-13-5-3-6-14-28)19-22-45-29-15-7-4-8-16-29;/h3-9,11-16,23,32,35H,10,17-22H2,1-2H3,(H,38,39);1H. The quantitative estimate of drug-likeness (QED) is 0.0529. The van der Waals surface area contributed by atoms with Crippen molar-refractivity contribution >= 4 is 53.6 Å². The van der Waals surface area contributed by atoms with Crippen LogP contribution in [0.25, 0.3) is 0 Å². The average molecular weight is 684 g/mol. The van der Waals surface area contributed by atoms with Crippen LogP contribution in [-0.4, -0.2) is 64.6 Å². The molecule has 1 heterocycles. The fourth-order valence-electron chi connectivity index (χ4n) is 5.18. The van der Waals surface area contributed by atoms with Crippen LogP contribution < -0.4 is 5.32 Å². The third-order valence-electron chi connectivity index (χ3n) is 7.32. The van der Waals surface area contributed by atoms with Crippen molar-refractivity contribution in [1.29, 1.82) is 0 Å². The lowest BCUT2D eigenvalue weighted by Gasteiger charge is -2.29. The molecular formula is C34H38ClN3O6S2. The number of aliphatic carboxylic acids is 1. The van der Waals surface area contributed by atoms with Crippen molar-refractivity contribution in [3.05, 3.63) is 123 Å². The summed E-state index contributed by atoms with van der Waals surface area (Å²) in [6.07, 6.45) is 0.597. The number of carboxylic acid groups (broad SMARTS) is 1. The number of carbonyl (C=O) groups excluding carboxylic acids is 1. The second-order valence-electron chi connectivity index (χ2n) is 10.4. The van der Waals surface area contributed by atoms with Gasteiger partial charge in [-0.3, -0.25) is 10.1 Å². The minimum Gasteiger partial charge on any atom is -0.478 e. The Morgan fingerprint density at radius 2 is 1.43 bits per heavy atom. The number of carboxylic acids is 1. The highest BCUT2D eigenvalue weighted by atomic mass is 35.5. The predicted molar refractivity (Wildman–Crippen MR) is 186 cm³/mol. The molecule has 1 atom stereocenters. The Hall–Kier alpha value is -3.77. The summed E-state index contributed by atoms with van der Waals surface area (Å²) in [7, 11) is 0. The van der Waals surface area contributed by atoms with Crippen LogP contribution in [0.5, 0.6) is 0 Å². The van der Waals surface area contributed by atoms with Crippen molar-refractivity contribution in [2.24, 2.45) is 0 Å². The fourth-order valence-corrected chi connectivity index (χ4v) is 7.05. The number of nitrogens with one attached hydrogen (secondary N) is 1. The maximum Gasteiger partial charge on any atom is 0.336 e. The molecule has 1 aliphatic rings. The largest absolute Gasteiger partial charge is 0.478 e. The predicted octanol–water partition coefficient (Wildman–Crippen LogP) is 7.16. The summed E-state index contributed by atoms with van der Waals surface area (Å²) in [5, 5.41) is 24.5. The number of nitro groups is 1. The molecule has 0 fully saturated rings. The lowest BCUT2D eigenvalue weighted by atomic mass is 9.80. The third kappa shape index (κ3) is 10.4. The van der Waals surface area contributed by atoms with E-state index in [1.54, 1.807) is 43.4 Å². The molecule has 0 bridgehead atoms. The van der Waals surface area contributed by atoms with Gasteiger partial charge >= 0.3 is 11.9 Å². The van der Waals surface area contributed by atoms with E-state index in [0.717, 1.165) is 31.1 Å². The molecule has 3 aromatic rings. The van der Waals surface area contributed by atoms with Crippen molar-refractivity contribution in [3.8, 4) is 0 Å². The van der Waals surface area contributed by atoms with Gasteiger partial charge in [-0.25, -0.2) is 9.59 Å². The van der Waals surface area contributed by atoms with Gasteiger partial charge in [0.2, 0.25) is 0 Å². The zero-order valence-electron chi connectivity index (χ0n) is 25.7. The van der Waals surface area contributed by atoms with Gasteiger partial charge in [-0.15, -0.1) is 35.9 Å². The van der Waals surface area contributed by atoms with E-state index >= 15 is 0 Å². The number of nitrogens with zero attached hydrogens (tertiary/aromatic N) is 2. The Morgan fingerprint density at radius 3 is 1.98 bits per heavy atom. The first-order valence-electron chi connectivity index (χ1n) is 14.7. The molecule has 9 nitrogen and oxygen atoms in total. The minimum atomic E-state index is -1.22. The summed E-state index contributed by atoms with van der Waals surface area (Å²) in [5.41, 5.74) is 1.06. The van der Waals surface area contributed by atoms with Gasteiger partial charge in [-0.05, 0) is 50.1 Å². The number of carbonyl (C=O) groups is 2. The fraction of sp³-hybridized carbons (Fsp3) is 0.294. The van der Waals surface area contributed by atoms with E-state index in [4.69, 9.17) is 4.74 Å². The number of dihydropyridines is 1. The van der Waals surface area contributed by atoms with Crippen molar-refractivity contribution in [2.45, 2.75) is 36.0 Å². The van der Waals surface area contributed by atoms with E-state index in [1.807, 2.05) is 36.4 Å². The lowest BCUT2D eigenvalue weighted by molar-refractivity contribution is -0.384. The molecule has 2 N–H and O–H groups in total. The van der Waals surface area contributed by atoms with Gasteiger partial charge in [0, 0.05) is 64.5 Å². The highest BCUT2D eigenvalue weighted by Crippen LogP contribution is 2.39. The van der Waals surface area contributed by atoms with E-state index in [-0.39, 0.29) is 35.8 Å². The summed E-state index contributed by atoms with van der Waals surface area (Å²) < 4.78 is 5.72. The number of rotatable bonds is 16. The average Bonchev–Trinajstić information content (AvgIpc) is 3.03. The Balaban J connectivity index is 0.00000576. The van der Waals surface area contributed by atoms with Gasteiger partial charge in [0.1, 0.15) is 0 Å². The van der Waals surface area contributed by atoms with Gasteiger partial charge in [0.05, 0.1) is 28.6 Å². The zero-order chi connectivity index (χ0) is 32.2. The Bertz CT molecular complexity index is 1510. The van der Waals surface area contributed by atoms with E-state index in [1.165, 1.54) is 28.0 Å². The van der Waals surface area contributed by atoms with Crippen LogP contribution in [-0.2, 0) is 14.3 Å². The number of halogens is 1. The van der Waals surface area contributed by atoms with Gasteiger partial charge in [0.15, 0.2) is 0 Å². The normalized spacial score (nSPS) is 14.5. The first kappa shape index (κ1) is 36.7. The van der Waals surface area contributed by atoms with Gasteiger partial charge in [0.25, 0.3) is 5.69 Å². The van der Waals surface area contributed by atoms with Crippen LogP contribution >= 0.6 is 35.9 Å². The molecule has 12 heteroatoms. The topological polar surface area (TPSA) is 122 Å². The van der Waals surface area contributed by atoms with Crippen LogP contribution in [0, 0.1) is 10.1 Å². The molecule has 3 aromatic carbocycles. The number of ether oxygens (including phenoxy) is 1. The van der Waals surface area contributed by atoms with E-state index in [9.17, 15) is 24.8 Å². The zero-order valence-corrected chi connectivity index (χ0v) is 28.2. The SMILES string of the molecule is CC1=C(C(=O)O)C(c2cccc([N+](=O)[O-])c2)C(C(=O)OCCCN(CCSc2ccccc2)CCSc2ccccc2)=C(C)N1.Cl. The summed E-state index contributed by atoms with van der Waals surface area (Å²) in [4.78, 5) is 41.5. The Labute approximate surface area is 284 Å². The maximum absolute atomic E-state index is 13.5. The first-order valence-corrected chi connectivity index (χ1v) is 16.6. The van der Waals surface area contributed by atoms with E-state index in [0.29, 0.717) is 23.4 Å². The van der Waals surface area contributed by atoms with Crippen LogP contribution in [0.4, 0.5) is 5.69 Å². The second kappa shape index (κ2) is 18.4. The highest BCUT2D eigenvalue weighted by molar-refractivity contribution is 7.99. The van der Waals surface area contributed by atoms with Gasteiger partial charge in [-0.1, -0.05) is 48.5 Å². The molecule has 0 saturated heterocycles. The molecule has 4 rings (SSSR count). The van der Waals surface area contributed by atoms with E-state index < -0.39 is 22.8 Å². The number of hydrogen-bond acceptors (Lipinski definition) is 9. The first-order chi connectivity index (χ1) is 21.7. The molecule has 46 heavy (non-hydrogen) atoms. The van der Waals surface area contributed by atoms with Gasteiger partial charge < -0.3 is 20.1 Å². The van der Waals surface area contributed by atoms with Crippen LogP contribution in [0.3, 0.4) is 0 Å². The molecule has 1 aliphatic heterocycles. The number of benzene rings is 3. The summed E-state index contributed by atoms with van der Waals surface area (Å²) in [6.45, 7) is 5.91. The molecule has 0 radical (unpaired) electrons. The highest BCUT2D eigenvalue weighted by Gasteiger charge is 2.37. The van der Waals surface area contributed by atoms with Crippen molar-refractivity contribution in [1.82, 2.24) is 10.2 Å². The van der Waals surface area contributed by atoms with Crippen LogP contribution in [0.15, 0.2) is 117 Å². The summed E-state index contributed by atoms with van der Waals surface area (Å²) in [6, 6.07) is 26.3. The minimum absolute atomic E-state index is 0. The molecule has 0 spiro atoms. The monoisotopic (exact) mass is 683 g/mol. The van der Waals surface area contributed by atoms with Crippen molar-refractivity contribution in [2.75, 3.05) is 37.7 Å². The second-order valence-corrected chi connectivity index (χ2v) is 12.8. The lowest BCUT2D eigenvalue weighted by Crippen LogP contribution is -2.32. The van der Waals surface area contributed by atoms with Gasteiger partial charge in [-0.2, -0.15) is 0 Å². The summed E-state index contributed by atoms with van der Waals surface area (Å²) in [5.74, 6) is -1.03. The molecule has 0 saturated carbocycles. The molecule has 0 aliphatic carbocycles. The Morgan fingerprint density at radius 1 is 0.870 bits per heavy atom. The summed E-state index contributed by atoms with van der Waals surface area (Å²) >= 11 is 3.61. The number of non-ortho nitro benzene ring substituents is 1.